The molecule has 0 unspecified atom stereocenters. The number of aryl methyl sites for hydroxylation is 1. The van der Waals surface area contributed by atoms with E-state index in [1.54, 1.807) is 6.92 Å². The van der Waals surface area contributed by atoms with Gasteiger partial charge in [-0.1, -0.05) is 26.2 Å². The average Bonchev–Trinajstić information content (AvgIpc) is 2.52. The Morgan fingerprint density at radius 1 is 1.33 bits per heavy atom. The Morgan fingerprint density at radius 3 is 2.62 bits per heavy atom. The van der Waals surface area contributed by atoms with Crippen molar-refractivity contribution in [3.05, 3.63) is 39.4 Å². The summed E-state index contributed by atoms with van der Waals surface area (Å²) in [6, 6.07) is 3.98. The van der Waals surface area contributed by atoms with Crippen LogP contribution in [-0.2, 0) is 9.53 Å². The molecule has 1 atom stereocenters. The number of amides is 1. The number of carbonyl (C=O) groups is 2. The highest BCUT2D eigenvalue weighted by Gasteiger charge is 2.16. The quantitative estimate of drug-likeness (QED) is 0.323. The number of nitrogens with one attached hydrogen (secondary N) is 1. The lowest BCUT2D eigenvalue weighted by Crippen LogP contribution is -2.35. The second-order valence-corrected chi connectivity index (χ2v) is 5.80. The SMILES string of the molecule is CCCCC[C@@H](C)NC(=O)COC(=O)c1ccc([N+](=O)[O-])c(C)c1. The number of nitrogens with zero attached hydrogens (tertiary/aromatic N) is 1. The maximum Gasteiger partial charge on any atom is 0.338 e. The number of hydrogen-bond donors (Lipinski definition) is 1. The van der Waals surface area contributed by atoms with E-state index in [0.717, 1.165) is 25.7 Å². The molecule has 1 N–H and O–H groups in total. The zero-order chi connectivity index (χ0) is 18.1. The molecule has 1 aromatic carbocycles. The standard InChI is InChI=1S/C17H24N2O5/c1-4-5-6-7-13(3)18-16(20)11-24-17(21)14-8-9-15(19(22)23)12(2)10-14/h8-10,13H,4-7,11H2,1-3H3,(H,18,20)/t13-/m1/s1. The zero-order valence-electron chi connectivity index (χ0n) is 14.3. The van der Waals surface area contributed by atoms with Crippen LogP contribution in [0.3, 0.4) is 0 Å². The molecule has 0 spiro atoms. The fraction of sp³-hybridized carbons (Fsp3) is 0.529. The van der Waals surface area contributed by atoms with Gasteiger partial charge in [-0.3, -0.25) is 14.9 Å². The fourth-order valence-corrected chi connectivity index (χ4v) is 2.29. The number of nitro groups is 1. The molecule has 7 nitrogen and oxygen atoms in total. The molecule has 0 saturated carbocycles. The lowest BCUT2D eigenvalue weighted by Gasteiger charge is -2.13. The van der Waals surface area contributed by atoms with Crippen molar-refractivity contribution in [3.8, 4) is 0 Å². The molecule has 0 saturated heterocycles. The third-order valence-corrected chi connectivity index (χ3v) is 3.61. The summed E-state index contributed by atoms with van der Waals surface area (Å²) >= 11 is 0. The van der Waals surface area contributed by atoms with Crippen molar-refractivity contribution in [2.45, 2.75) is 52.5 Å². The largest absolute Gasteiger partial charge is 0.452 e. The number of carbonyl (C=O) groups excluding carboxylic acids is 2. The van der Waals surface area contributed by atoms with E-state index in [1.165, 1.54) is 18.2 Å². The van der Waals surface area contributed by atoms with Crippen molar-refractivity contribution in [2.75, 3.05) is 6.61 Å². The van der Waals surface area contributed by atoms with Crippen LogP contribution in [0, 0.1) is 17.0 Å². The van der Waals surface area contributed by atoms with Crippen molar-refractivity contribution in [3.63, 3.8) is 0 Å². The summed E-state index contributed by atoms with van der Waals surface area (Å²) in [5.41, 5.74) is 0.482. The zero-order valence-corrected chi connectivity index (χ0v) is 14.3. The molecule has 0 bridgehead atoms. The first-order valence-electron chi connectivity index (χ1n) is 8.06. The smallest absolute Gasteiger partial charge is 0.338 e. The van der Waals surface area contributed by atoms with Crippen LogP contribution in [0.25, 0.3) is 0 Å². The fourth-order valence-electron chi connectivity index (χ4n) is 2.29. The average molecular weight is 336 g/mol. The summed E-state index contributed by atoms with van der Waals surface area (Å²) in [5, 5.41) is 13.5. The van der Waals surface area contributed by atoms with Crippen LogP contribution in [0.15, 0.2) is 18.2 Å². The number of nitro benzene ring substituents is 1. The van der Waals surface area contributed by atoms with Crippen LogP contribution >= 0.6 is 0 Å². The van der Waals surface area contributed by atoms with Gasteiger partial charge >= 0.3 is 5.97 Å². The highest BCUT2D eigenvalue weighted by Crippen LogP contribution is 2.19. The van der Waals surface area contributed by atoms with Crippen molar-refractivity contribution >= 4 is 17.6 Å². The van der Waals surface area contributed by atoms with Gasteiger partial charge in [-0.15, -0.1) is 0 Å². The lowest BCUT2D eigenvalue weighted by atomic mass is 10.1. The molecule has 0 aliphatic carbocycles. The van der Waals surface area contributed by atoms with Crippen LogP contribution in [0.4, 0.5) is 5.69 Å². The molecule has 0 heterocycles. The van der Waals surface area contributed by atoms with E-state index in [-0.39, 0.29) is 29.8 Å². The van der Waals surface area contributed by atoms with Crippen molar-refractivity contribution in [1.82, 2.24) is 5.32 Å². The molecule has 7 heteroatoms. The second kappa shape index (κ2) is 9.64. The summed E-state index contributed by atoms with van der Waals surface area (Å²) < 4.78 is 4.95. The van der Waals surface area contributed by atoms with Crippen molar-refractivity contribution in [2.24, 2.45) is 0 Å². The summed E-state index contributed by atoms with van der Waals surface area (Å²) in [6.45, 7) is 5.20. The maximum absolute atomic E-state index is 11.9. The molecule has 0 aliphatic rings. The highest BCUT2D eigenvalue weighted by molar-refractivity contribution is 5.91. The van der Waals surface area contributed by atoms with E-state index in [0.29, 0.717) is 5.56 Å². The molecule has 0 aliphatic heterocycles. The predicted octanol–water partition coefficient (Wildman–Crippen LogP) is 3.15. The Bertz CT molecular complexity index is 601. The Morgan fingerprint density at radius 2 is 2.04 bits per heavy atom. The Labute approximate surface area is 141 Å². The third-order valence-electron chi connectivity index (χ3n) is 3.61. The van der Waals surface area contributed by atoms with Gasteiger partial charge in [0.1, 0.15) is 0 Å². The van der Waals surface area contributed by atoms with E-state index >= 15 is 0 Å². The summed E-state index contributed by atoms with van der Waals surface area (Å²) in [6.07, 6.45) is 4.16. The maximum atomic E-state index is 11.9. The second-order valence-electron chi connectivity index (χ2n) is 5.80. The van der Waals surface area contributed by atoms with Gasteiger partial charge in [-0.25, -0.2) is 4.79 Å². The van der Waals surface area contributed by atoms with Crippen LogP contribution in [0.2, 0.25) is 0 Å². The van der Waals surface area contributed by atoms with Crippen LogP contribution in [-0.4, -0.2) is 29.4 Å². The van der Waals surface area contributed by atoms with Crippen LogP contribution < -0.4 is 5.32 Å². The summed E-state index contributed by atoms with van der Waals surface area (Å²) in [5.74, 6) is -1.03. The third kappa shape index (κ3) is 6.36. The first kappa shape index (κ1) is 19.6. The van der Waals surface area contributed by atoms with E-state index in [4.69, 9.17) is 4.74 Å². The molecule has 24 heavy (non-hydrogen) atoms. The molecule has 1 amide bonds. The molecule has 1 aromatic rings. The predicted molar refractivity (Wildman–Crippen MR) is 89.9 cm³/mol. The van der Waals surface area contributed by atoms with Gasteiger partial charge in [0.2, 0.25) is 0 Å². The normalized spacial score (nSPS) is 11.6. The van der Waals surface area contributed by atoms with Gasteiger partial charge in [0.25, 0.3) is 11.6 Å². The Balaban J connectivity index is 2.47. The van der Waals surface area contributed by atoms with Gasteiger partial charge in [-0.2, -0.15) is 0 Å². The van der Waals surface area contributed by atoms with Crippen molar-refractivity contribution < 1.29 is 19.2 Å². The minimum absolute atomic E-state index is 0.0318. The molecular weight excluding hydrogens is 312 g/mol. The number of esters is 1. The van der Waals surface area contributed by atoms with Gasteiger partial charge < -0.3 is 10.1 Å². The van der Waals surface area contributed by atoms with Crippen molar-refractivity contribution in [1.29, 1.82) is 0 Å². The number of ether oxygens (including phenoxy) is 1. The minimum atomic E-state index is -0.679. The first-order chi connectivity index (χ1) is 11.3. The first-order valence-corrected chi connectivity index (χ1v) is 8.06. The van der Waals surface area contributed by atoms with E-state index in [9.17, 15) is 19.7 Å². The number of rotatable bonds is 9. The highest BCUT2D eigenvalue weighted by atomic mass is 16.6. The van der Waals surface area contributed by atoms with Crippen LogP contribution in [0.5, 0.6) is 0 Å². The molecule has 132 valence electrons. The van der Waals surface area contributed by atoms with E-state index < -0.39 is 10.9 Å². The molecule has 0 fully saturated rings. The summed E-state index contributed by atoms with van der Waals surface area (Å²) in [7, 11) is 0. The Hall–Kier alpha value is -2.44. The van der Waals surface area contributed by atoms with Gasteiger partial charge in [0, 0.05) is 17.7 Å². The molecule has 0 radical (unpaired) electrons. The van der Waals surface area contributed by atoms with Crippen LogP contribution in [0.1, 0.15) is 55.5 Å². The Kier molecular flexibility index (Phi) is 7.88. The van der Waals surface area contributed by atoms with E-state index in [2.05, 4.69) is 12.2 Å². The van der Waals surface area contributed by atoms with E-state index in [1.807, 2.05) is 6.92 Å². The lowest BCUT2D eigenvalue weighted by molar-refractivity contribution is -0.385. The van der Waals surface area contributed by atoms with Gasteiger partial charge in [-0.05, 0) is 32.4 Å². The van der Waals surface area contributed by atoms with Gasteiger partial charge in [0.15, 0.2) is 6.61 Å². The number of hydrogen-bond acceptors (Lipinski definition) is 5. The molecule has 1 rings (SSSR count). The number of benzene rings is 1. The summed E-state index contributed by atoms with van der Waals surface area (Å²) in [4.78, 5) is 33.9. The number of unbranched alkanes of at least 4 members (excludes halogenated alkanes) is 2. The molecule has 0 aromatic heterocycles. The minimum Gasteiger partial charge on any atom is -0.452 e. The monoisotopic (exact) mass is 336 g/mol. The van der Waals surface area contributed by atoms with Gasteiger partial charge in [0.05, 0.1) is 10.5 Å². The topological polar surface area (TPSA) is 98.5 Å². The molecular formula is C17H24N2O5.